The summed E-state index contributed by atoms with van der Waals surface area (Å²) in [5.74, 6) is 0.131. The van der Waals surface area contributed by atoms with E-state index in [1.165, 1.54) is 40.3 Å². The fourth-order valence-corrected chi connectivity index (χ4v) is 6.06. The van der Waals surface area contributed by atoms with Crippen molar-refractivity contribution < 1.29 is 22.3 Å². The second-order valence-electron chi connectivity index (χ2n) is 6.67. The Morgan fingerprint density at radius 2 is 1.90 bits per heavy atom. The number of nitrogens with zero attached hydrogens (tertiary/aromatic N) is 1. The predicted molar refractivity (Wildman–Crippen MR) is 121 cm³/mol. The summed E-state index contributed by atoms with van der Waals surface area (Å²) in [6.45, 7) is 1.42. The van der Waals surface area contributed by atoms with Gasteiger partial charge >= 0.3 is 0 Å². The van der Waals surface area contributed by atoms with E-state index in [4.69, 9.17) is 27.9 Å². The van der Waals surface area contributed by atoms with Gasteiger partial charge in [0.15, 0.2) is 0 Å². The van der Waals surface area contributed by atoms with Crippen molar-refractivity contribution >= 4 is 50.9 Å². The second-order valence-corrected chi connectivity index (χ2v) is 10.5. The highest BCUT2D eigenvalue weighted by Crippen LogP contribution is 2.27. The summed E-state index contributed by atoms with van der Waals surface area (Å²) in [4.78, 5) is 12.4. The largest absolute Gasteiger partial charge is 0.379 e. The number of sulfonamides is 1. The molecule has 6 nitrogen and oxygen atoms in total. The van der Waals surface area contributed by atoms with E-state index in [9.17, 15) is 17.6 Å². The minimum absolute atomic E-state index is 0.0559. The fraction of sp³-hybridized carbons (Fsp3) is 0.350. The lowest BCUT2D eigenvalue weighted by atomic mass is 10.2. The summed E-state index contributed by atoms with van der Waals surface area (Å²) < 4.78 is 46.0. The lowest BCUT2D eigenvalue weighted by Gasteiger charge is -2.26. The van der Waals surface area contributed by atoms with Crippen LogP contribution in [0.4, 0.5) is 4.39 Å². The van der Waals surface area contributed by atoms with E-state index in [-0.39, 0.29) is 34.4 Å². The zero-order valence-electron chi connectivity index (χ0n) is 16.4. The zero-order chi connectivity index (χ0) is 22.4. The summed E-state index contributed by atoms with van der Waals surface area (Å²) in [7, 11) is -3.83. The average molecular weight is 507 g/mol. The fourth-order valence-electron chi connectivity index (χ4n) is 2.95. The van der Waals surface area contributed by atoms with E-state index in [2.05, 4.69) is 5.32 Å². The van der Waals surface area contributed by atoms with Crippen LogP contribution in [0.1, 0.15) is 15.9 Å². The minimum atomic E-state index is -3.83. The van der Waals surface area contributed by atoms with Crippen molar-refractivity contribution in [3.8, 4) is 0 Å². The lowest BCUT2D eigenvalue weighted by Crippen LogP contribution is -2.40. The first-order valence-electron chi connectivity index (χ1n) is 9.47. The second kappa shape index (κ2) is 11.0. The van der Waals surface area contributed by atoms with Gasteiger partial charge in [-0.05, 0) is 30.3 Å². The van der Waals surface area contributed by atoms with Crippen molar-refractivity contribution in [1.82, 2.24) is 9.62 Å². The van der Waals surface area contributed by atoms with E-state index in [1.54, 1.807) is 12.1 Å². The smallest absolute Gasteiger partial charge is 0.251 e. The van der Waals surface area contributed by atoms with Gasteiger partial charge in [-0.25, -0.2) is 12.8 Å². The highest BCUT2D eigenvalue weighted by Gasteiger charge is 2.29. The lowest BCUT2D eigenvalue weighted by molar-refractivity contribution is 0.0730. The molecule has 11 heteroatoms. The number of nitrogens with one attached hydrogen (secondary N) is 1. The zero-order valence-corrected chi connectivity index (χ0v) is 19.6. The van der Waals surface area contributed by atoms with E-state index < -0.39 is 15.9 Å². The first kappa shape index (κ1) is 24.3. The van der Waals surface area contributed by atoms with Crippen molar-refractivity contribution in [2.24, 2.45) is 0 Å². The Morgan fingerprint density at radius 1 is 1.16 bits per heavy atom. The minimum Gasteiger partial charge on any atom is -0.379 e. The normalized spacial score (nSPS) is 15.1. The number of morpholine rings is 1. The maximum Gasteiger partial charge on any atom is 0.251 e. The first-order valence-corrected chi connectivity index (χ1v) is 12.8. The average Bonchev–Trinajstić information content (AvgIpc) is 2.76. The van der Waals surface area contributed by atoms with Crippen LogP contribution in [-0.2, 0) is 20.5 Å². The van der Waals surface area contributed by atoms with Crippen LogP contribution in [0.2, 0.25) is 10.0 Å². The van der Waals surface area contributed by atoms with Crippen LogP contribution in [0.5, 0.6) is 0 Å². The van der Waals surface area contributed by atoms with Crippen molar-refractivity contribution in [3.63, 3.8) is 0 Å². The standard InChI is InChI=1S/C20H21Cl2FN2O4S2/c21-16-2-1-3-18(23)15(16)13-30-11-6-24-20(26)14-4-5-17(22)19(12-14)31(27,28)25-7-9-29-10-8-25/h1-5,12H,6-11,13H2,(H,24,26). The molecule has 1 saturated heterocycles. The number of rotatable bonds is 8. The molecule has 0 aliphatic carbocycles. The van der Waals surface area contributed by atoms with Crippen LogP contribution in [0, 0.1) is 5.82 Å². The summed E-state index contributed by atoms with van der Waals surface area (Å²) >= 11 is 13.5. The Bertz CT molecular complexity index is 1030. The number of carbonyl (C=O) groups excluding carboxylic acids is 1. The summed E-state index contributed by atoms with van der Waals surface area (Å²) in [6, 6.07) is 8.69. The van der Waals surface area contributed by atoms with Crippen LogP contribution < -0.4 is 5.32 Å². The number of carbonyl (C=O) groups is 1. The Labute approximate surface area is 195 Å². The van der Waals surface area contributed by atoms with Gasteiger partial charge in [0.1, 0.15) is 10.7 Å². The molecule has 0 aromatic heterocycles. The monoisotopic (exact) mass is 506 g/mol. The summed E-state index contributed by atoms with van der Waals surface area (Å²) in [5, 5.41) is 3.16. The van der Waals surface area contributed by atoms with Crippen LogP contribution in [-0.4, -0.2) is 57.2 Å². The Balaban J connectivity index is 1.58. The highest BCUT2D eigenvalue weighted by atomic mass is 35.5. The number of amides is 1. The molecule has 0 radical (unpaired) electrons. The Kier molecular flexibility index (Phi) is 8.60. The molecule has 1 aliphatic rings. The number of ether oxygens (including phenoxy) is 1. The van der Waals surface area contributed by atoms with Gasteiger partial charge in [0, 0.05) is 47.3 Å². The topological polar surface area (TPSA) is 75.7 Å². The third kappa shape index (κ3) is 6.12. The molecular weight excluding hydrogens is 486 g/mol. The molecule has 31 heavy (non-hydrogen) atoms. The molecule has 1 heterocycles. The van der Waals surface area contributed by atoms with E-state index in [0.717, 1.165) is 0 Å². The van der Waals surface area contributed by atoms with Gasteiger partial charge in [-0.2, -0.15) is 16.1 Å². The van der Waals surface area contributed by atoms with Crippen LogP contribution in [0.15, 0.2) is 41.3 Å². The number of thioether (sulfide) groups is 1. The van der Waals surface area contributed by atoms with E-state index in [0.29, 0.717) is 41.9 Å². The molecule has 2 aromatic carbocycles. The third-order valence-corrected chi connectivity index (χ3v) is 8.34. The van der Waals surface area contributed by atoms with Gasteiger partial charge in [-0.1, -0.05) is 29.3 Å². The van der Waals surface area contributed by atoms with Crippen LogP contribution in [0.25, 0.3) is 0 Å². The molecule has 1 fully saturated rings. The molecule has 0 unspecified atom stereocenters. The summed E-state index contributed by atoms with van der Waals surface area (Å²) in [5.41, 5.74) is 0.620. The predicted octanol–water partition coefficient (Wildman–Crippen LogP) is 3.82. The number of halogens is 3. The number of benzene rings is 2. The van der Waals surface area contributed by atoms with Crippen molar-refractivity contribution in [2.45, 2.75) is 10.6 Å². The quantitative estimate of drug-likeness (QED) is 0.550. The molecule has 2 aromatic rings. The van der Waals surface area contributed by atoms with Gasteiger partial charge in [0.2, 0.25) is 10.0 Å². The Morgan fingerprint density at radius 3 is 2.61 bits per heavy atom. The highest BCUT2D eigenvalue weighted by molar-refractivity contribution is 7.98. The molecule has 0 saturated carbocycles. The van der Waals surface area contributed by atoms with Crippen molar-refractivity contribution in [1.29, 1.82) is 0 Å². The van der Waals surface area contributed by atoms with Crippen molar-refractivity contribution in [2.75, 3.05) is 38.6 Å². The molecular formula is C20H21Cl2FN2O4S2. The van der Waals surface area contributed by atoms with Gasteiger partial charge in [-0.15, -0.1) is 0 Å². The van der Waals surface area contributed by atoms with Gasteiger partial charge in [0.25, 0.3) is 5.91 Å². The molecule has 1 N–H and O–H groups in total. The molecule has 3 rings (SSSR count). The van der Waals surface area contributed by atoms with Crippen molar-refractivity contribution in [3.05, 3.63) is 63.4 Å². The molecule has 168 valence electrons. The maximum atomic E-state index is 13.8. The van der Waals surface area contributed by atoms with Crippen LogP contribution >= 0.6 is 35.0 Å². The van der Waals surface area contributed by atoms with Gasteiger partial charge in [0.05, 0.1) is 18.2 Å². The third-order valence-electron chi connectivity index (χ3n) is 4.62. The molecule has 0 spiro atoms. The Hall–Kier alpha value is -1.36. The van der Waals surface area contributed by atoms with Crippen LogP contribution in [0.3, 0.4) is 0 Å². The van der Waals surface area contributed by atoms with Gasteiger partial charge in [-0.3, -0.25) is 4.79 Å². The molecule has 1 aliphatic heterocycles. The molecule has 0 atom stereocenters. The molecule has 0 bridgehead atoms. The number of hydrogen-bond acceptors (Lipinski definition) is 5. The molecule has 1 amide bonds. The van der Waals surface area contributed by atoms with E-state index in [1.807, 2.05) is 0 Å². The number of hydrogen-bond donors (Lipinski definition) is 1. The van der Waals surface area contributed by atoms with E-state index >= 15 is 0 Å². The summed E-state index contributed by atoms with van der Waals surface area (Å²) in [6.07, 6.45) is 0. The maximum absolute atomic E-state index is 13.8. The SMILES string of the molecule is O=C(NCCSCc1c(F)cccc1Cl)c1ccc(Cl)c(S(=O)(=O)N2CCOCC2)c1. The van der Waals surface area contributed by atoms with Gasteiger partial charge < -0.3 is 10.1 Å². The first-order chi connectivity index (χ1) is 14.8.